The average Bonchev–Trinajstić information content (AvgIpc) is 3.21. The summed E-state index contributed by atoms with van der Waals surface area (Å²) in [6, 6.07) is 20.9. The van der Waals surface area contributed by atoms with Gasteiger partial charge in [0.2, 0.25) is 5.91 Å². The van der Waals surface area contributed by atoms with Crippen molar-refractivity contribution in [2.24, 2.45) is 0 Å². The van der Waals surface area contributed by atoms with Crippen LogP contribution in [0.5, 0.6) is 0 Å². The minimum atomic E-state index is -0.209. The lowest BCUT2D eigenvalue weighted by atomic mass is 9.90. The third kappa shape index (κ3) is 4.52. The molecule has 1 N–H and O–H groups in total. The van der Waals surface area contributed by atoms with Crippen LogP contribution in [0, 0.1) is 0 Å². The van der Waals surface area contributed by atoms with Crippen molar-refractivity contribution >= 4 is 18.3 Å². The lowest BCUT2D eigenvalue weighted by Crippen LogP contribution is -2.49. The largest absolute Gasteiger partial charge is 0.340 e. The van der Waals surface area contributed by atoms with Gasteiger partial charge in [-0.15, -0.1) is 12.4 Å². The van der Waals surface area contributed by atoms with E-state index in [9.17, 15) is 4.79 Å². The number of carbonyl (C=O) groups excluding carboxylic acids is 1. The molecule has 2 fully saturated rings. The fourth-order valence-corrected chi connectivity index (χ4v) is 4.24. The standard InChI is InChI=1S/C22H27N3O.ClH/c26-22(25-14-11-20(17-25)24-15-12-23-13-16-24)21(18-7-3-1-4-8-18)19-9-5-2-6-10-19;/h1-10,20-21,23H,11-17H2;1H. The molecule has 0 saturated carbocycles. The molecule has 2 heterocycles. The van der Waals surface area contributed by atoms with Gasteiger partial charge in [-0.05, 0) is 17.5 Å². The fraction of sp³-hybridized carbons (Fsp3) is 0.409. The predicted molar refractivity (Wildman–Crippen MR) is 111 cm³/mol. The van der Waals surface area contributed by atoms with Crippen LogP contribution >= 0.6 is 12.4 Å². The molecule has 0 aromatic heterocycles. The molecule has 144 valence electrons. The molecule has 1 unspecified atom stereocenters. The zero-order valence-corrected chi connectivity index (χ0v) is 16.4. The van der Waals surface area contributed by atoms with Crippen molar-refractivity contribution in [2.75, 3.05) is 39.3 Å². The van der Waals surface area contributed by atoms with Crippen molar-refractivity contribution in [1.82, 2.24) is 15.1 Å². The topological polar surface area (TPSA) is 35.6 Å². The summed E-state index contributed by atoms with van der Waals surface area (Å²) in [4.78, 5) is 18.1. The Labute approximate surface area is 168 Å². The van der Waals surface area contributed by atoms with E-state index in [-0.39, 0.29) is 24.2 Å². The first kappa shape index (κ1) is 19.9. The van der Waals surface area contributed by atoms with Crippen molar-refractivity contribution in [1.29, 1.82) is 0 Å². The molecular weight excluding hydrogens is 358 g/mol. The normalized spacial score (nSPS) is 20.5. The maximum atomic E-state index is 13.5. The summed E-state index contributed by atoms with van der Waals surface area (Å²) in [6.07, 6.45) is 1.09. The molecular formula is C22H28ClN3O. The number of amides is 1. The molecule has 4 nitrogen and oxygen atoms in total. The van der Waals surface area contributed by atoms with Crippen LogP contribution < -0.4 is 5.32 Å². The summed E-state index contributed by atoms with van der Waals surface area (Å²) in [5, 5.41) is 3.41. The number of halogens is 1. The van der Waals surface area contributed by atoms with Crippen molar-refractivity contribution in [3.8, 4) is 0 Å². The summed E-state index contributed by atoms with van der Waals surface area (Å²) >= 11 is 0. The van der Waals surface area contributed by atoms with Crippen LogP contribution in [0.15, 0.2) is 60.7 Å². The Morgan fingerprint density at radius 1 is 0.889 bits per heavy atom. The molecule has 27 heavy (non-hydrogen) atoms. The number of piperazine rings is 1. The van der Waals surface area contributed by atoms with Gasteiger partial charge < -0.3 is 10.2 Å². The first-order valence-corrected chi connectivity index (χ1v) is 9.66. The number of likely N-dealkylation sites (tertiary alicyclic amines) is 1. The zero-order valence-electron chi connectivity index (χ0n) is 15.6. The molecule has 2 aliphatic rings. The highest BCUT2D eigenvalue weighted by Gasteiger charge is 2.34. The number of rotatable bonds is 4. The van der Waals surface area contributed by atoms with Gasteiger partial charge in [-0.3, -0.25) is 9.69 Å². The van der Waals surface area contributed by atoms with Crippen molar-refractivity contribution in [2.45, 2.75) is 18.4 Å². The smallest absolute Gasteiger partial charge is 0.234 e. The molecule has 2 aromatic rings. The van der Waals surface area contributed by atoms with Crippen molar-refractivity contribution in [3.05, 3.63) is 71.8 Å². The van der Waals surface area contributed by atoms with Gasteiger partial charge in [0, 0.05) is 45.3 Å². The summed E-state index contributed by atoms with van der Waals surface area (Å²) in [7, 11) is 0. The van der Waals surface area contributed by atoms with Crippen LogP contribution in [-0.2, 0) is 4.79 Å². The summed E-state index contributed by atoms with van der Waals surface area (Å²) < 4.78 is 0. The van der Waals surface area contributed by atoms with E-state index in [4.69, 9.17) is 0 Å². The van der Waals surface area contributed by atoms with Gasteiger partial charge >= 0.3 is 0 Å². The van der Waals surface area contributed by atoms with E-state index in [2.05, 4.69) is 39.4 Å². The Kier molecular flexibility index (Phi) is 6.89. The van der Waals surface area contributed by atoms with E-state index >= 15 is 0 Å². The van der Waals surface area contributed by atoms with E-state index in [0.29, 0.717) is 6.04 Å². The van der Waals surface area contributed by atoms with Crippen LogP contribution in [0.1, 0.15) is 23.5 Å². The van der Waals surface area contributed by atoms with E-state index in [0.717, 1.165) is 56.8 Å². The molecule has 5 heteroatoms. The summed E-state index contributed by atoms with van der Waals surface area (Å²) in [5.41, 5.74) is 2.16. The van der Waals surface area contributed by atoms with Crippen LogP contribution in [0.25, 0.3) is 0 Å². The maximum absolute atomic E-state index is 13.5. The van der Waals surface area contributed by atoms with E-state index in [1.807, 2.05) is 36.4 Å². The van der Waals surface area contributed by atoms with Gasteiger partial charge in [-0.2, -0.15) is 0 Å². The molecule has 0 radical (unpaired) electrons. The first-order chi connectivity index (χ1) is 12.8. The highest BCUT2D eigenvalue weighted by atomic mass is 35.5. The van der Waals surface area contributed by atoms with Crippen molar-refractivity contribution < 1.29 is 4.79 Å². The Morgan fingerprint density at radius 3 is 2.00 bits per heavy atom. The minimum Gasteiger partial charge on any atom is -0.340 e. The highest BCUT2D eigenvalue weighted by Crippen LogP contribution is 2.29. The SMILES string of the molecule is Cl.O=C(C(c1ccccc1)c1ccccc1)N1CCC(N2CCNCC2)C1. The van der Waals surface area contributed by atoms with E-state index in [1.165, 1.54) is 0 Å². The predicted octanol–water partition coefficient (Wildman–Crippen LogP) is 2.75. The third-order valence-electron chi connectivity index (χ3n) is 5.66. The zero-order chi connectivity index (χ0) is 17.8. The van der Waals surface area contributed by atoms with Gasteiger partial charge in [0.1, 0.15) is 0 Å². The van der Waals surface area contributed by atoms with Crippen molar-refractivity contribution in [3.63, 3.8) is 0 Å². The Bertz CT molecular complexity index is 679. The Balaban J connectivity index is 0.00000210. The first-order valence-electron chi connectivity index (χ1n) is 9.66. The quantitative estimate of drug-likeness (QED) is 0.879. The molecule has 2 aromatic carbocycles. The second-order valence-electron chi connectivity index (χ2n) is 7.27. The van der Waals surface area contributed by atoms with Crippen LogP contribution in [0.4, 0.5) is 0 Å². The van der Waals surface area contributed by atoms with Gasteiger partial charge in [0.25, 0.3) is 0 Å². The fourth-order valence-electron chi connectivity index (χ4n) is 4.24. The Hall–Kier alpha value is -1.88. The summed E-state index contributed by atoms with van der Waals surface area (Å²) in [6.45, 7) is 6.02. The van der Waals surface area contributed by atoms with E-state index < -0.39 is 0 Å². The monoisotopic (exact) mass is 385 g/mol. The highest BCUT2D eigenvalue weighted by molar-refractivity contribution is 5.87. The lowest BCUT2D eigenvalue weighted by Gasteiger charge is -2.33. The number of benzene rings is 2. The maximum Gasteiger partial charge on any atom is 0.234 e. The number of nitrogens with one attached hydrogen (secondary N) is 1. The van der Waals surface area contributed by atoms with Crippen LogP contribution in [0.3, 0.4) is 0 Å². The molecule has 4 rings (SSSR count). The van der Waals surface area contributed by atoms with Gasteiger partial charge in [0.05, 0.1) is 5.92 Å². The minimum absolute atomic E-state index is 0. The molecule has 0 spiro atoms. The third-order valence-corrected chi connectivity index (χ3v) is 5.66. The second kappa shape index (κ2) is 9.36. The van der Waals surface area contributed by atoms with Gasteiger partial charge in [-0.1, -0.05) is 60.7 Å². The van der Waals surface area contributed by atoms with E-state index in [1.54, 1.807) is 0 Å². The Morgan fingerprint density at radius 2 is 1.44 bits per heavy atom. The number of nitrogens with zero attached hydrogens (tertiary/aromatic N) is 2. The van der Waals surface area contributed by atoms with Crippen LogP contribution in [-0.4, -0.2) is 61.0 Å². The molecule has 2 aliphatic heterocycles. The molecule has 1 atom stereocenters. The lowest BCUT2D eigenvalue weighted by molar-refractivity contribution is -0.131. The van der Waals surface area contributed by atoms with Gasteiger partial charge in [0.15, 0.2) is 0 Å². The number of hydrogen-bond donors (Lipinski definition) is 1. The molecule has 1 amide bonds. The summed E-state index contributed by atoms with van der Waals surface area (Å²) in [5.74, 6) is 0.0270. The number of hydrogen-bond acceptors (Lipinski definition) is 3. The molecule has 0 bridgehead atoms. The average molecular weight is 386 g/mol. The number of carbonyl (C=O) groups is 1. The van der Waals surface area contributed by atoms with Crippen LogP contribution in [0.2, 0.25) is 0 Å². The second-order valence-corrected chi connectivity index (χ2v) is 7.27. The molecule has 2 saturated heterocycles. The molecule has 0 aliphatic carbocycles. The van der Waals surface area contributed by atoms with Gasteiger partial charge in [-0.25, -0.2) is 0 Å².